The molecule has 1 fully saturated rings. The Kier molecular flexibility index (Phi) is 3.96. The Balaban J connectivity index is 2.23. The summed E-state index contributed by atoms with van der Waals surface area (Å²) in [5.74, 6) is -1.21. The Morgan fingerprint density at radius 3 is 2.78 bits per heavy atom. The molecule has 2 rings (SSSR count). The molecule has 2 atom stereocenters. The van der Waals surface area contributed by atoms with E-state index in [1.165, 1.54) is 11.3 Å². The number of hydrogen-bond donors (Lipinski definition) is 0. The van der Waals surface area contributed by atoms with E-state index < -0.39 is 24.0 Å². The fraction of sp³-hybridized carbons (Fsp3) is 0.583. The van der Waals surface area contributed by atoms with Crippen LogP contribution in [0.1, 0.15) is 31.8 Å². The second kappa shape index (κ2) is 5.17. The van der Waals surface area contributed by atoms with Crippen molar-refractivity contribution in [3.8, 4) is 0 Å². The topological polar surface area (TPSA) is 44.8 Å². The standard InChI is InChI=1S/C12H15ClO4S/c1-4-15-11(14)10-9(16-12(2,3)17-10)7-5-6-8(13)18-7/h5-6,9-10H,4H2,1-3H3/t9-,10+/m1/s1. The van der Waals surface area contributed by atoms with Crippen molar-refractivity contribution in [3.05, 3.63) is 21.3 Å². The molecular formula is C12H15ClO4S. The molecule has 2 heterocycles. The van der Waals surface area contributed by atoms with Crippen LogP contribution in [-0.4, -0.2) is 24.5 Å². The Hall–Kier alpha value is -0.620. The minimum atomic E-state index is -0.807. The lowest BCUT2D eigenvalue weighted by atomic mass is 10.2. The predicted molar refractivity (Wildman–Crippen MR) is 68.7 cm³/mol. The zero-order valence-corrected chi connectivity index (χ0v) is 12.0. The van der Waals surface area contributed by atoms with E-state index in [9.17, 15) is 4.79 Å². The third-order valence-corrected chi connectivity index (χ3v) is 3.78. The van der Waals surface area contributed by atoms with Gasteiger partial charge in [0.2, 0.25) is 0 Å². The number of ether oxygens (including phenoxy) is 3. The van der Waals surface area contributed by atoms with Gasteiger partial charge in [0.15, 0.2) is 11.9 Å². The van der Waals surface area contributed by atoms with E-state index in [0.29, 0.717) is 10.9 Å². The van der Waals surface area contributed by atoms with Crippen molar-refractivity contribution in [1.29, 1.82) is 0 Å². The molecule has 4 nitrogen and oxygen atoms in total. The largest absolute Gasteiger partial charge is 0.464 e. The van der Waals surface area contributed by atoms with E-state index >= 15 is 0 Å². The van der Waals surface area contributed by atoms with Crippen molar-refractivity contribution >= 4 is 28.9 Å². The highest BCUT2D eigenvalue weighted by Gasteiger charge is 2.47. The van der Waals surface area contributed by atoms with Crippen molar-refractivity contribution in [1.82, 2.24) is 0 Å². The van der Waals surface area contributed by atoms with Gasteiger partial charge >= 0.3 is 5.97 Å². The first-order chi connectivity index (χ1) is 8.43. The fourth-order valence-corrected chi connectivity index (χ4v) is 2.96. The van der Waals surface area contributed by atoms with Gasteiger partial charge in [0.05, 0.1) is 10.9 Å². The van der Waals surface area contributed by atoms with Gasteiger partial charge in [-0.2, -0.15) is 0 Å². The summed E-state index contributed by atoms with van der Waals surface area (Å²) in [5.41, 5.74) is 0. The summed E-state index contributed by atoms with van der Waals surface area (Å²) < 4.78 is 17.0. The predicted octanol–water partition coefficient (Wildman–Crippen LogP) is 3.16. The van der Waals surface area contributed by atoms with Crippen LogP contribution in [0, 0.1) is 0 Å². The highest BCUT2D eigenvalue weighted by Crippen LogP contribution is 2.41. The van der Waals surface area contributed by atoms with Crippen molar-refractivity contribution in [2.24, 2.45) is 0 Å². The lowest BCUT2D eigenvalue weighted by Gasteiger charge is -2.16. The number of hydrogen-bond acceptors (Lipinski definition) is 5. The van der Waals surface area contributed by atoms with E-state index in [0.717, 1.165) is 4.88 Å². The Bertz CT molecular complexity index is 443. The van der Waals surface area contributed by atoms with Crippen molar-refractivity contribution < 1.29 is 19.0 Å². The van der Waals surface area contributed by atoms with Crippen LogP contribution in [0.25, 0.3) is 0 Å². The summed E-state index contributed by atoms with van der Waals surface area (Å²) in [7, 11) is 0. The second-order valence-corrected chi connectivity index (χ2v) is 6.12. The number of thiophene rings is 1. The molecule has 0 radical (unpaired) electrons. The molecule has 0 unspecified atom stereocenters. The van der Waals surface area contributed by atoms with Crippen molar-refractivity contribution in [3.63, 3.8) is 0 Å². The molecule has 1 aromatic heterocycles. The fourth-order valence-electron chi connectivity index (χ4n) is 1.85. The molecule has 0 amide bonds. The van der Waals surface area contributed by atoms with Gasteiger partial charge in [-0.05, 0) is 32.9 Å². The molecule has 0 N–H and O–H groups in total. The average Bonchev–Trinajstić information content (AvgIpc) is 2.82. The van der Waals surface area contributed by atoms with Crippen molar-refractivity contribution in [2.45, 2.75) is 38.8 Å². The molecule has 1 aliphatic rings. The lowest BCUT2D eigenvalue weighted by Crippen LogP contribution is -2.29. The molecule has 6 heteroatoms. The van der Waals surface area contributed by atoms with Crippen LogP contribution in [0.3, 0.4) is 0 Å². The van der Waals surface area contributed by atoms with E-state index in [4.69, 9.17) is 25.8 Å². The van der Waals surface area contributed by atoms with Gasteiger partial charge in [-0.25, -0.2) is 4.79 Å². The zero-order valence-electron chi connectivity index (χ0n) is 10.4. The van der Waals surface area contributed by atoms with E-state index in [1.54, 1.807) is 26.8 Å². The maximum absolute atomic E-state index is 11.9. The molecule has 0 aromatic carbocycles. The summed E-state index contributed by atoms with van der Waals surface area (Å²) in [6.07, 6.45) is -1.20. The van der Waals surface area contributed by atoms with Crippen LogP contribution in [-0.2, 0) is 19.0 Å². The second-order valence-electron chi connectivity index (χ2n) is 4.37. The summed E-state index contributed by atoms with van der Waals surface area (Å²) in [6.45, 7) is 5.62. The molecule has 0 saturated carbocycles. The number of rotatable bonds is 3. The summed E-state index contributed by atoms with van der Waals surface area (Å²) >= 11 is 7.28. The van der Waals surface area contributed by atoms with E-state index in [2.05, 4.69) is 0 Å². The Labute approximate surface area is 115 Å². The summed E-state index contributed by atoms with van der Waals surface area (Å²) in [6, 6.07) is 3.62. The number of carbonyl (C=O) groups excluding carboxylic acids is 1. The molecule has 100 valence electrons. The third kappa shape index (κ3) is 2.85. The summed E-state index contributed by atoms with van der Waals surface area (Å²) in [5, 5.41) is 0. The zero-order chi connectivity index (χ0) is 13.3. The minimum absolute atomic E-state index is 0.317. The molecule has 0 bridgehead atoms. The Morgan fingerprint density at radius 2 is 2.22 bits per heavy atom. The first-order valence-electron chi connectivity index (χ1n) is 5.70. The number of carbonyl (C=O) groups is 1. The van der Waals surface area contributed by atoms with Gasteiger partial charge < -0.3 is 14.2 Å². The molecular weight excluding hydrogens is 276 g/mol. The molecule has 18 heavy (non-hydrogen) atoms. The van der Waals surface area contributed by atoms with Crippen LogP contribution in [0.15, 0.2) is 12.1 Å². The number of halogens is 1. The number of esters is 1. The minimum Gasteiger partial charge on any atom is -0.464 e. The molecule has 1 aliphatic heterocycles. The maximum atomic E-state index is 11.9. The van der Waals surface area contributed by atoms with Crippen LogP contribution in [0.5, 0.6) is 0 Å². The van der Waals surface area contributed by atoms with E-state index in [-0.39, 0.29) is 0 Å². The SMILES string of the molecule is CCOC(=O)[C@H]1OC(C)(C)O[C@@H]1c1ccc(Cl)s1. The monoisotopic (exact) mass is 290 g/mol. The smallest absolute Gasteiger partial charge is 0.338 e. The quantitative estimate of drug-likeness (QED) is 0.802. The average molecular weight is 291 g/mol. The van der Waals surface area contributed by atoms with Gasteiger partial charge in [-0.15, -0.1) is 11.3 Å². The molecule has 0 aliphatic carbocycles. The van der Waals surface area contributed by atoms with Gasteiger partial charge in [-0.1, -0.05) is 11.6 Å². The molecule has 1 saturated heterocycles. The first-order valence-corrected chi connectivity index (χ1v) is 6.90. The van der Waals surface area contributed by atoms with Crippen LogP contribution in [0.2, 0.25) is 4.34 Å². The normalized spacial score (nSPS) is 26.2. The van der Waals surface area contributed by atoms with Crippen molar-refractivity contribution in [2.75, 3.05) is 6.61 Å². The van der Waals surface area contributed by atoms with Gasteiger partial charge in [0, 0.05) is 4.88 Å². The third-order valence-electron chi connectivity index (χ3n) is 2.49. The van der Waals surface area contributed by atoms with Crippen LogP contribution in [0.4, 0.5) is 0 Å². The highest BCUT2D eigenvalue weighted by atomic mass is 35.5. The van der Waals surface area contributed by atoms with Crippen LogP contribution >= 0.6 is 22.9 Å². The molecule has 1 aromatic rings. The summed E-state index contributed by atoms with van der Waals surface area (Å²) in [4.78, 5) is 12.7. The van der Waals surface area contributed by atoms with Gasteiger partial charge in [0.25, 0.3) is 0 Å². The van der Waals surface area contributed by atoms with Gasteiger partial charge in [-0.3, -0.25) is 0 Å². The van der Waals surface area contributed by atoms with Crippen LogP contribution < -0.4 is 0 Å². The maximum Gasteiger partial charge on any atom is 0.338 e. The Morgan fingerprint density at radius 1 is 1.50 bits per heavy atom. The lowest BCUT2D eigenvalue weighted by molar-refractivity contribution is -0.170. The van der Waals surface area contributed by atoms with E-state index in [1.807, 2.05) is 6.07 Å². The molecule has 0 spiro atoms. The van der Waals surface area contributed by atoms with Gasteiger partial charge in [0.1, 0.15) is 6.10 Å². The first kappa shape index (κ1) is 13.8. The highest BCUT2D eigenvalue weighted by molar-refractivity contribution is 7.16.